The van der Waals surface area contributed by atoms with Gasteiger partial charge >= 0.3 is 0 Å². The van der Waals surface area contributed by atoms with Crippen molar-refractivity contribution in [2.45, 2.75) is 78.6 Å². The molecule has 0 radical (unpaired) electrons. The molecule has 3 N–H and O–H groups in total. The van der Waals surface area contributed by atoms with E-state index >= 15 is 0 Å². The minimum atomic E-state index is -0.633. The summed E-state index contributed by atoms with van der Waals surface area (Å²) in [4.78, 5) is 41.8. The van der Waals surface area contributed by atoms with Crippen LogP contribution >= 0.6 is 0 Å². The fourth-order valence-corrected chi connectivity index (χ4v) is 4.19. The number of nitrogens with two attached hydrogens (primary N) is 1. The number of hydrogen-bond acceptors (Lipinski definition) is 6. The summed E-state index contributed by atoms with van der Waals surface area (Å²) in [5.74, 6) is -1.33. The third-order valence-corrected chi connectivity index (χ3v) is 6.58. The first-order chi connectivity index (χ1) is 15.9. The normalized spacial score (nSPS) is 17.1. The number of rotatable bonds is 12. The predicted octanol–water partition coefficient (Wildman–Crippen LogP) is 2.38. The molecule has 0 saturated carbocycles. The van der Waals surface area contributed by atoms with E-state index in [-0.39, 0.29) is 36.0 Å². The zero-order valence-corrected chi connectivity index (χ0v) is 22.3. The number of nitrogens with zero attached hydrogens (tertiary/aromatic N) is 3. The van der Waals surface area contributed by atoms with E-state index in [1.165, 1.54) is 16.7 Å². The molecule has 194 valence electrons. The van der Waals surface area contributed by atoms with Gasteiger partial charge in [-0.05, 0) is 45.0 Å². The van der Waals surface area contributed by atoms with Crippen molar-refractivity contribution < 1.29 is 19.1 Å². The number of ether oxygens (including phenoxy) is 1. The van der Waals surface area contributed by atoms with Gasteiger partial charge in [0.2, 0.25) is 11.8 Å². The molecule has 1 aromatic rings. The van der Waals surface area contributed by atoms with Gasteiger partial charge in [-0.3, -0.25) is 29.3 Å². The lowest BCUT2D eigenvalue weighted by Crippen LogP contribution is -2.63. The van der Waals surface area contributed by atoms with Crippen molar-refractivity contribution >= 4 is 17.7 Å². The van der Waals surface area contributed by atoms with Gasteiger partial charge in [-0.1, -0.05) is 41.0 Å². The van der Waals surface area contributed by atoms with E-state index in [1.54, 1.807) is 38.4 Å². The largest absolute Gasteiger partial charge is 0.379 e. The van der Waals surface area contributed by atoms with Gasteiger partial charge < -0.3 is 10.5 Å². The molecule has 1 heterocycles. The number of likely N-dealkylation sites (N-methyl/N-ethyl adjacent to an activating group) is 1. The Balaban J connectivity index is 3.44. The van der Waals surface area contributed by atoms with Crippen LogP contribution in [0.1, 0.15) is 59.2 Å². The molecule has 0 fully saturated rings. The van der Waals surface area contributed by atoms with Crippen molar-refractivity contribution in [3.8, 4) is 0 Å². The molecule has 9 heteroatoms. The number of carbonyl (C=O) groups is 3. The fourth-order valence-electron chi connectivity index (χ4n) is 4.19. The van der Waals surface area contributed by atoms with Crippen molar-refractivity contribution in [1.29, 1.82) is 0 Å². The molecule has 6 atom stereocenters. The van der Waals surface area contributed by atoms with Crippen LogP contribution in [0.15, 0.2) is 24.5 Å². The van der Waals surface area contributed by atoms with Gasteiger partial charge in [0.15, 0.2) is 0 Å². The van der Waals surface area contributed by atoms with Crippen LogP contribution in [0.2, 0.25) is 0 Å². The summed E-state index contributed by atoms with van der Waals surface area (Å²) in [6.45, 7) is 11.4. The first kappa shape index (κ1) is 29.8. The molecular formula is C25H45N5O4. The van der Waals surface area contributed by atoms with Crippen molar-refractivity contribution in [2.24, 2.45) is 23.5 Å². The van der Waals surface area contributed by atoms with Crippen LogP contribution in [0.5, 0.6) is 0 Å². The minimum Gasteiger partial charge on any atom is -0.379 e. The zero-order valence-electron chi connectivity index (χ0n) is 22.3. The Hall–Kier alpha value is -2.23. The van der Waals surface area contributed by atoms with Crippen LogP contribution in [0.3, 0.4) is 0 Å². The SMILES string of the molecule is CC[C@H](C)[C@@H]([C@@H](CC(=O)n1cccc1)OC)N(NC(=O)[C@H](C(C)C)N(C)C)C(=O)[C@@H](C)[C@H](C)N. The Morgan fingerprint density at radius 2 is 1.62 bits per heavy atom. The summed E-state index contributed by atoms with van der Waals surface area (Å²) < 4.78 is 7.29. The highest BCUT2D eigenvalue weighted by atomic mass is 16.5. The Kier molecular flexibility index (Phi) is 11.9. The fraction of sp³-hybridized carbons (Fsp3) is 0.720. The van der Waals surface area contributed by atoms with Gasteiger partial charge in [-0.25, -0.2) is 5.01 Å². The number of aromatic nitrogens is 1. The van der Waals surface area contributed by atoms with Gasteiger partial charge in [-0.2, -0.15) is 0 Å². The lowest BCUT2D eigenvalue weighted by Gasteiger charge is -2.42. The maximum Gasteiger partial charge on any atom is 0.256 e. The summed E-state index contributed by atoms with van der Waals surface area (Å²) in [7, 11) is 5.20. The second-order valence-corrected chi connectivity index (χ2v) is 9.82. The van der Waals surface area contributed by atoms with Crippen LogP contribution in [-0.4, -0.2) is 77.6 Å². The quantitative estimate of drug-likeness (QED) is 0.446. The van der Waals surface area contributed by atoms with Crippen molar-refractivity contribution in [1.82, 2.24) is 19.9 Å². The first-order valence-corrected chi connectivity index (χ1v) is 12.1. The molecule has 34 heavy (non-hydrogen) atoms. The predicted molar refractivity (Wildman–Crippen MR) is 134 cm³/mol. The Labute approximate surface area is 204 Å². The second kappa shape index (κ2) is 13.6. The highest BCUT2D eigenvalue weighted by molar-refractivity contribution is 5.87. The number of carbonyl (C=O) groups excluding carboxylic acids is 3. The highest BCUT2D eigenvalue weighted by Crippen LogP contribution is 2.24. The standard InChI is InChI=1S/C25H45N5O4/c1-10-17(4)23(20(34-9)15-21(31)29-13-11-12-14-29)30(25(33)18(5)19(6)26)27-24(32)22(16(2)3)28(7)8/h11-14,16-20,22-23H,10,15,26H2,1-9H3,(H,27,32)/t17-,18-,19-,20+,22-,23-/m0/s1. The summed E-state index contributed by atoms with van der Waals surface area (Å²) in [6, 6.07) is 2.13. The first-order valence-electron chi connectivity index (χ1n) is 12.1. The van der Waals surface area contributed by atoms with Gasteiger partial charge in [0.25, 0.3) is 5.91 Å². The summed E-state index contributed by atoms with van der Waals surface area (Å²) >= 11 is 0. The van der Waals surface area contributed by atoms with E-state index < -0.39 is 30.1 Å². The smallest absolute Gasteiger partial charge is 0.256 e. The van der Waals surface area contributed by atoms with E-state index in [4.69, 9.17) is 10.5 Å². The molecule has 0 bridgehead atoms. The lowest BCUT2D eigenvalue weighted by atomic mass is 9.90. The third-order valence-electron chi connectivity index (χ3n) is 6.58. The van der Waals surface area contributed by atoms with E-state index in [0.717, 1.165) is 6.42 Å². The number of nitrogens with one attached hydrogen (secondary N) is 1. The molecule has 0 unspecified atom stereocenters. The number of hydrogen-bond donors (Lipinski definition) is 2. The maximum absolute atomic E-state index is 13.7. The van der Waals surface area contributed by atoms with E-state index in [0.29, 0.717) is 0 Å². The van der Waals surface area contributed by atoms with Gasteiger partial charge in [0.05, 0.1) is 30.5 Å². The molecule has 0 saturated heterocycles. The molecular weight excluding hydrogens is 434 g/mol. The van der Waals surface area contributed by atoms with Gasteiger partial charge in [0.1, 0.15) is 0 Å². The topological polar surface area (TPSA) is 110 Å². The third kappa shape index (κ3) is 7.65. The molecule has 1 aromatic heterocycles. The average molecular weight is 480 g/mol. The molecule has 0 aromatic carbocycles. The Morgan fingerprint density at radius 3 is 2.03 bits per heavy atom. The second-order valence-electron chi connectivity index (χ2n) is 9.82. The maximum atomic E-state index is 13.7. The Bertz CT molecular complexity index is 770. The summed E-state index contributed by atoms with van der Waals surface area (Å²) in [5, 5.41) is 1.39. The minimum absolute atomic E-state index is 0.0217. The average Bonchev–Trinajstić information content (AvgIpc) is 3.30. The number of amides is 2. The molecule has 1 rings (SSSR count). The van der Waals surface area contributed by atoms with Crippen LogP contribution < -0.4 is 11.2 Å². The van der Waals surface area contributed by atoms with Crippen molar-refractivity contribution in [2.75, 3.05) is 21.2 Å². The molecule has 2 amide bonds. The molecule has 0 aliphatic heterocycles. The van der Waals surface area contributed by atoms with E-state index in [9.17, 15) is 14.4 Å². The lowest BCUT2D eigenvalue weighted by molar-refractivity contribution is -0.156. The van der Waals surface area contributed by atoms with Crippen LogP contribution in [0.4, 0.5) is 0 Å². The number of methoxy groups -OCH3 is 1. The van der Waals surface area contributed by atoms with Crippen LogP contribution in [0, 0.1) is 17.8 Å². The van der Waals surface area contributed by atoms with Crippen LogP contribution in [-0.2, 0) is 14.3 Å². The van der Waals surface area contributed by atoms with Crippen molar-refractivity contribution in [3.05, 3.63) is 24.5 Å². The zero-order chi connectivity index (χ0) is 26.2. The summed E-state index contributed by atoms with van der Waals surface area (Å²) in [5.41, 5.74) is 8.97. The van der Waals surface area contributed by atoms with Crippen LogP contribution in [0.25, 0.3) is 0 Å². The van der Waals surface area contributed by atoms with E-state index in [1.807, 2.05) is 46.7 Å². The van der Waals surface area contributed by atoms with E-state index in [2.05, 4.69) is 5.43 Å². The van der Waals surface area contributed by atoms with Gasteiger partial charge in [-0.15, -0.1) is 0 Å². The monoisotopic (exact) mass is 479 g/mol. The molecule has 9 nitrogen and oxygen atoms in total. The highest BCUT2D eigenvalue weighted by Gasteiger charge is 2.40. The number of hydrazine groups is 1. The van der Waals surface area contributed by atoms with Gasteiger partial charge in [0, 0.05) is 25.5 Å². The van der Waals surface area contributed by atoms with Crippen molar-refractivity contribution in [3.63, 3.8) is 0 Å². The molecule has 0 aliphatic carbocycles. The molecule has 0 aliphatic rings. The summed E-state index contributed by atoms with van der Waals surface area (Å²) in [6.07, 6.45) is 3.50. The molecule has 0 spiro atoms. The Morgan fingerprint density at radius 1 is 1.06 bits per heavy atom.